The molecule has 0 amide bonds. The second kappa shape index (κ2) is 3.73. The van der Waals surface area contributed by atoms with Crippen molar-refractivity contribution < 1.29 is 0 Å². The van der Waals surface area contributed by atoms with Crippen LogP contribution in [0.25, 0.3) is 0 Å². The normalized spacial score (nSPS) is 33.2. The molecule has 2 heterocycles. The lowest BCUT2D eigenvalue weighted by atomic mass is 10.00. The molecule has 1 atom stereocenters. The Morgan fingerprint density at radius 3 is 2.92 bits per heavy atom. The molecule has 2 aliphatic rings. The van der Waals surface area contributed by atoms with Crippen LogP contribution in [0.3, 0.4) is 0 Å². The van der Waals surface area contributed by atoms with Gasteiger partial charge in [0, 0.05) is 32.3 Å². The molecule has 2 N–H and O–H groups in total. The highest BCUT2D eigenvalue weighted by atomic mass is 15.3. The molecule has 0 aromatic heterocycles. The van der Waals surface area contributed by atoms with Crippen molar-refractivity contribution in [2.75, 3.05) is 32.8 Å². The SMILES string of the molecule is NCN1CCN2CCCCC2C1. The third kappa shape index (κ3) is 1.63. The minimum Gasteiger partial charge on any atom is -0.318 e. The molecule has 2 rings (SSSR count). The number of rotatable bonds is 1. The zero-order valence-electron chi connectivity index (χ0n) is 7.71. The number of piperidine rings is 1. The predicted octanol–water partition coefficient (Wildman–Crippen LogP) is 0.0727. The van der Waals surface area contributed by atoms with E-state index in [2.05, 4.69) is 9.80 Å². The van der Waals surface area contributed by atoms with Crippen molar-refractivity contribution in [3.05, 3.63) is 0 Å². The van der Waals surface area contributed by atoms with Gasteiger partial charge in [0.2, 0.25) is 0 Å². The Bertz CT molecular complexity index is 149. The fourth-order valence-corrected chi connectivity index (χ4v) is 2.39. The van der Waals surface area contributed by atoms with E-state index in [0.717, 1.165) is 12.7 Å². The van der Waals surface area contributed by atoms with Gasteiger partial charge in [-0.15, -0.1) is 0 Å². The molecule has 3 heteroatoms. The molecule has 1 unspecified atom stereocenters. The Morgan fingerprint density at radius 2 is 2.08 bits per heavy atom. The molecule has 12 heavy (non-hydrogen) atoms. The molecular weight excluding hydrogens is 150 g/mol. The van der Waals surface area contributed by atoms with E-state index in [1.54, 1.807) is 0 Å². The van der Waals surface area contributed by atoms with Crippen LogP contribution in [0.15, 0.2) is 0 Å². The molecule has 70 valence electrons. The molecule has 0 spiro atoms. The van der Waals surface area contributed by atoms with Gasteiger partial charge < -0.3 is 5.73 Å². The summed E-state index contributed by atoms with van der Waals surface area (Å²) in [6, 6.07) is 0.816. The lowest BCUT2D eigenvalue weighted by molar-refractivity contribution is 0.0508. The number of nitrogens with zero attached hydrogens (tertiary/aromatic N) is 2. The fourth-order valence-electron chi connectivity index (χ4n) is 2.39. The maximum atomic E-state index is 5.63. The van der Waals surface area contributed by atoms with Crippen molar-refractivity contribution in [2.24, 2.45) is 5.73 Å². The average molecular weight is 169 g/mol. The monoisotopic (exact) mass is 169 g/mol. The first-order valence-corrected chi connectivity index (χ1v) is 5.06. The number of piperazine rings is 1. The largest absolute Gasteiger partial charge is 0.318 e. The van der Waals surface area contributed by atoms with Crippen molar-refractivity contribution in [2.45, 2.75) is 25.3 Å². The summed E-state index contributed by atoms with van der Waals surface area (Å²) in [4.78, 5) is 5.00. The van der Waals surface area contributed by atoms with Gasteiger partial charge >= 0.3 is 0 Å². The molecule has 2 aliphatic heterocycles. The Balaban J connectivity index is 1.90. The van der Waals surface area contributed by atoms with Crippen LogP contribution in [0.2, 0.25) is 0 Å². The first-order valence-electron chi connectivity index (χ1n) is 5.06. The van der Waals surface area contributed by atoms with E-state index in [0.29, 0.717) is 0 Å². The summed E-state index contributed by atoms with van der Waals surface area (Å²) in [5, 5.41) is 0. The molecule has 0 aromatic rings. The Labute approximate surface area is 74.5 Å². The summed E-state index contributed by atoms with van der Waals surface area (Å²) in [7, 11) is 0. The molecule has 3 nitrogen and oxygen atoms in total. The van der Waals surface area contributed by atoms with E-state index in [9.17, 15) is 0 Å². The van der Waals surface area contributed by atoms with E-state index in [1.807, 2.05) is 0 Å². The van der Waals surface area contributed by atoms with Crippen molar-refractivity contribution >= 4 is 0 Å². The highest BCUT2D eigenvalue weighted by Crippen LogP contribution is 2.20. The lowest BCUT2D eigenvalue weighted by Crippen LogP contribution is -2.55. The molecule has 0 saturated carbocycles. The van der Waals surface area contributed by atoms with E-state index < -0.39 is 0 Å². The maximum absolute atomic E-state index is 5.63. The van der Waals surface area contributed by atoms with Crippen molar-refractivity contribution in [1.82, 2.24) is 9.80 Å². The number of hydrogen-bond acceptors (Lipinski definition) is 3. The van der Waals surface area contributed by atoms with Crippen LogP contribution in [0.4, 0.5) is 0 Å². The second-order valence-electron chi connectivity index (χ2n) is 3.95. The van der Waals surface area contributed by atoms with Crippen LogP contribution >= 0.6 is 0 Å². The predicted molar refractivity (Wildman–Crippen MR) is 49.8 cm³/mol. The van der Waals surface area contributed by atoms with Gasteiger partial charge in [-0.25, -0.2) is 0 Å². The molecule has 0 bridgehead atoms. The zero-order valence-corrected chi connectivity index (χ0v) is 7.71. The van der Waals surface area contributed by atoms with Crippen molar-refractivity contribution in [3.8, 4) is 0 Å². The summed E-state index contributed by atoms with van der Waals surface area (Å²) in [6.45, 7) is 5.68. The topological polar surface area (TPSA) is 32.5 Å². The van der Waals surface area contributed by atoms with Crippen molar-refractivity contribution in [3.63, 3.8) is 0 Å². The minimum atomic E-state index is 0.740. The number of hydrogen-bond donors (Lipinski definition) is 1. The smallest absolute Gasteiger partial charge is 0.0456 e. The van der Waals surface area contributed by atoms with E-state index in [-0.39, 0.29) is 0 Å². The van der Waals surface area contributed by atoms with Gasteiger partial charge in [0.05, 0.1) is 0 Å². The van der Waals surface area contributed by atoms with Gasteiger partial charge in [-0.1, -0.05) is 6.42 Å². The summed E-state index contributed by atoms with van der Waals surface area (Å²) >= 11 is 0. The fraction of sp³-hybridized carbons (Fsp3) is 1.00. The highest BCUT2D eigenvalue weighted by Gasteiger charge is 2.27. The molecule has 0 aliphatic carbocycles. The maximum Gasteiger partial charge on any atom is 0.0456 e. The van der Waals surface area contributed by atoms with Gasteiger partial charge in [0.15, 0.2) is 0 Å². The first kappa shape index (κ1) is 8.48. The molecule has 0 radical (unpaired) electrons. The average Bonchev–Trinajstić information content (AvgIpc) is 2.17. The van der Waals surface area contributed by atoms with Crippen LogP contribution in [0, 0.1) is 0 Å². The zero-order chi connectivity index (χ0) is 8.39. The second-order valence-corrected chi connectivity index (χ2v) is 3.95. The van der Waals surface area contributed by atoms with Crippen LogP contribution < -0.4 is 5.73 Å². The summed E-state index contributed by atoms with van der Waals surface area (Å²) in [6.07, 6.45) is 4.20. The summed E-state index contributed by atoms with van der Waals surface area (Å²) < 4.78 is 0. The quantitative estimate of drug-likeness (QED) is 0.603. The first-order chi connectivity index (χ1) is 5.90. The number of nitrogens with two attached hydrogens (primary N) is 1. The van der Waals surface area contributed by atoms with Gasteiger partial charge in [0.25, 0.3) is 0 Å². The molecular formula is C9H19N3. The van der Waals surface area contributed by atoms with Crippen molar-refractivity contribution in [1.29, 1.82) is 0 Å². The molecule has 2 fully saturated rings. The van der Waals surface area contributed by atoms with Crippen LogP contribution in [-0.2, 0) is 0 Å². The molecule has 0 aromatic carbocycles. The van der Waals surface area contributed by atoms with Crippen LogP contribution in [0.5, 0.6) is 0 Å². The standard InChI is InChI=1S/C9H19N3/c10-8-11-5-6-12-4-2-1-3-9(12)7-11/h9H,1-8,10H2. The molecule has 2 saturated heterocycles. The Kier molecular flexibility index (Phi) is 2.63. The van der Waals surface area contributed by atoms with Gasteiger partial charge in [-0.2, -0.15) is 0 Å². The highest BCUT2D eigenvalue weighted by molar-refractivity contribution is 4.84. The van der Waals surface area contributed by atoms with Gasteiger partial charge in [-0.3, -0.25) is 9.80 Å². The van der Waals surface area contributed by atoms with E-state index in [1.165, 1.54) is 45.4 Å². The Hall–Kier alpha value is -0.120. The van der Waals surface area contributed by atoms with Gasteiger partial charge in [-0.05, 0) is 19.4 Å². The third-order valence-corrected chi connectivity index (χ3v) is 3.18. The lowest BCUT2D eigenvalue weighted by Gasteiger charge is -2.43. The van der Waals surface area contributed by atoms with E-state index >= 15 is 0 Å². The third-order valence-electron chi connectivity index (χ3n) is 3.18. The van der Waals surface area contributed by atoms with E-state index in [4.69, 9.17) is 5.73 Å². The Morgan fingerprint density at radius 1 is 1.17 bits per heavy atom. The summed E-state index contributed by atoms with van der Waals surface area (Å²) in [5.41, 5.74) is 5.63. The van der Waals surface area contributed by atoms with Gasteiger partial charge in [0.1, 0.15) is 0 Å². The van der Waals surface area contributed by atoms with Crippen LogP contribution in [0.1, 0.15) is 19.3 Å². The minimum absolute atomic E-state index is 0.740. The van der Waals surface area contributed by atoms with Crippen LogP contribution in [-0.4, -0.2) is 48.7 Å². The number of fused-ring (bicyclic) bond motifs is 1. The summed E-state index contributed by atoms with van der Waals surface area (Å²) in [5.74, 6) is 0.